The summed E-state index contributed by atoms with van der Waals surface area (Å²) in [5.41, 5.74) is 0.915. The van der Waals surface area contributed by atoms with Crippen LogP contribution in [0.15, 0.2) is 46.4 Å². The molecule has 0 unspecified atom stereocenters. The second-order valence-corrected chi connectivity index (χ2v) is 12.3. The summed E-state index contributed by atoms with van der Waals surface area (Å²) in [6, 6.07) is 9.39. The monoisotopic (exact) mass is 591 g/mol. The van der Waals surface area contributed by atoms with Crippen molar-refractivity contribution >= 4 is 48.3 Å². The van der Waals surface area contributed by atoms with Gasteiger partial charge in [0.1, 0.15) is 23.1 Å². The van der Waals surface area contributed by atoms with Gasteiger partial charge in [0.25, 0.3) is 5.91 Å². The fraction of sp³-hybridized carbons (Fsp3) is 0.462. The van der Waals surface area contributed by atoms with Crippen LogP contribution in [0.1, 0.15) is 31.2 Å². The molecule has 4 rings (SSSR count). The van der Waals surface area contributed by atoms with Gasteiger partial charge in [-0.1, -0.05) is 28.6 Å². The highest BCUT2D eigenvalue weighted by Gasteiger charge is 2.26. The number of amides is 1. The van der Waals surface area contributed by atoms with Gasteiger partial charge in [-0.3, -0.25) is 10.1 Å². The number of hydrogen-bond donors (Lipinski definition) is 3. The Bertz CT molecular complexity index is 1430. The minimum Gasteiger partial charge on any atom is -0.476 e. The normalized spacial score (nSPS) is 17.7. The smallest absolute Gasteiger partial charge is 0.280 e. The van der Waals surface area contributed by atoms with E-state index in [2.05, 4.69) is 25.8 Å². The van der Waals surface area contributed by atoms with Gasteiger partial charge in [-0.2, -0.15) is 0 Å². The number of carbonyl (C=O) groups excluding carboxylic acids is 1. The topological polar surface area (TPSA) is 161 Å². The summed E-state index contributed by atoms with van der Waals surface area (Å²) in [4.78, 5) is 28.6. The summed E-state index contributed by atoms with van der Waals surface area (Å²) < 4.78 is 35.8. The van der Waals surface area contributed by atoms with Crippen LogP contribution in [0.25, 0.3) is 10.3 Å². The van der Waals surface area contributed by atoms with E-state index in [1.165, 1.54) is 42.7 Å². The molecule has 2 atom stereocenters. The lowest BCUT2D eigenvalue weighted by Crippen LogP contribution is -2.25. The number of anilines is 1. The van der Waals surface area contributed by atoms with E-state index in [0.717, 1.165) is 0 Å². The van der Waals surface area contributed by atoms with E-state index in [0.29, 0.717) is 72.4 Å². The first-order valence-corrected chi connectivity index (χ1v) is 15.4. The van der Waals surface area contributed by atoms with Gasteiger partial charge in [0.05, 0.1) is 16.8 Å². The maximum absolute atomic E-state index is 13.4. The van der Waals surface area contributed by atoms with E-state index >= 15 is 0 Å². The van der Waals surface area contributed by atoms with Gasteiger partial charge < -0.3 is 24.7 Å². The average Bonchev–Trinajstić information content (AvgIpc) is 3.54. The average molecular weight is 592 g/mol. The number of thiazole rings is 1. The van der Waals surface area contributed by atoms with Crippen LogP contribution < -0.4 is 15.4 Å². The number of nitrogens with one attached hydrogen (secondary N) is 2. The van der Waals surface area contributed by atoms with Crippen molar-refractivity contribution < 1.29 is 32.6 Å². The van der Waals surface area contributed by atoms with E-state index in [1.54, 1.807) is 12.1 Å². The Hall–Kier alpha value is -3.17. The van der Waals surface area contributed by atoms with Gasteiger partial charge in [-0.15, -0.1) is 0 Å². The van der Waals surface area contributed by atoms with Gasteiger partial charge in [-0.25, -0.2) is 18.4 Å². The van der Waals surface area contributed by atoms with Crippen LogP contribution in [-0.4, -0.2) is 87.0 Å². The van der Waals surface area contributed by atoms with Gasteiger partial charge in [0.15, 0.2) is 20.7 Å². The first kappa shape index (κ1) is 29.8. The molecule has 1 aromatic carbocycles. The lowest BCUT2D eigenvalue weighted by Gasteiger charge is -2.11. The number of nitrogens with zero attached hydrogens (tertiary/aromatic N) is 3. The zero-order chi connectivity index (χ0) is 28.5. The number of sulfone groups is 1. The number of carbonyl (C=O) groups is 1. The molecule has 0 bridgehead atoms. The van der Waals surface area contributed by atoms with Crippen molar-refractivity contribution in [3.63, 3.8) is 0 Å². The number of fused-ring (bicyclic) bond motifs is 1. The minimum absolute atomic E-state index is 0.0481. The Morgan fingerprint density at radius 2 is 1.95 bits per heavy atom. The zero-order valence-electron chi connectivity index (χ0n) is 22.3. The molecule has 1 aliphatic carbocycles. The van der Waals surface area contributed by atoms with Crippen LogP contribution in [0, 0.1) is 0 Å². The van der Waals surface area contributed by atoms with Crippen LogP contribution >= 0.6 is 11.3 Å². The lowest BCUT2D eigenvalue weighted by molar-refractivity contribution is -0.110. The van der Waals surface area contributed by atoms with E-state index < -0.39 is 21.8 Å². The van der Waals surface area contributed by atoms with Crippen molar-refractivity contribution in [1.82, 2.24) is 15.3 Å². The van der Waals surface area contributed by atoms with Gasteiger partial charge >= 0.3 is 0 Å². The van der Waals surface area contributed by atoms with Crippen LogP contribution in [0.5, 0.6) is 5.88 Å². The van der Waals surface area contributed by atoms with Crippen molar-refractivity contribution in [2.75, 3.05) is 45.0 Å². The molecular formula is C26H33N5O7S2. The molecular weight excluding hydrogens is 558 g/mol. The number of aromatic nitrogens is 2. The maximum atomic E-state index is 13.4. The summed E-state index contributed by atoms with van der Waals surface area (Å²) in [6.07, 6.45) is 1.20. The lowest BCUT2D eigenvalue weighted by atomic mass is 10.1. The highest BCUT2D eigenvalue weighted by molar-refractivity contribution is 7.91. The van der Waals surface area contributed by atoms with E-state index in [4.69, 9.17) is 14.3 Å². The van der Waals surface area contributed by atoms with Crippen molar-refractivity contribution in [3.05, 3.63) is 42.0 Å². The molecule has 1 amide bonds. The summed E-state index contributed by atoms with van der Waals surface area (Å²) in [5.74, 6) is -0.183. The molecule has 2 aromatic heterocycles. The molecule has 0 spiro atoms. The highest BCUT2D eigenvalue weighted by Crippen LogP contribution is 2.27. The Kier molecular flexibility index (Phi) is 10.4. The molecule has 14 heteroatoms. The van der Waals surface area contributed by atoms with E-state index in [-0.39, 0.29) is 22.5 Å². The second-order valence-electron chi connectivity index (χ2n) is 9.22. The molecule has 2 heterocycles. The van der Waals surface area contributed by atoms with Crippen molar-refractivity contribution in [2.45, 2.75) is 42.8 Å². The van der Waals surface area contributed by atoms with Gasteiger partial charge in [0, 0.05) is 38.3 Å². The molecule has 12 nitrogen and oxygen atoms in total. The number of aliphatic hydroxyl groups is 1. The van der Waals surface area contributed by atoms with Gasteiger partial charge in [0.2, 0.25) is 5.88 Å². The van der Waals surface area contributed by atoms with Crippen LogP contribution in [0.4, 0.5) is 5.13 Å². The standard InChI is InChI=1S/C26H33N5O7S2/c1-27-12-14-37-22-11-10-21-25(29-22)39-26(28-21)30-24(33)23(31-38-19-7-6-18(32)16-19)17-4-8-20(9-5-17)40(34,35)15-3-13-36-2/h4-5,8-11,18-19,27,32H,3,6-7,12-16H2,1-2H3,(H,28,30,33)/b31-23+/t18-,19-/m1/s1. The number of oxime groups is 1. The summed E-state index contributed by atoms with van der Waals surface area (Å²) in [6.45, 7) is 1.48. The molecule has 1 fully saturated rings. The molecule has 1 saturated carbocycles. The third-order valence-electron chi connectivity index (χ3n) is 6.17. The Balaban J connectivity index is 1.54. The first-order chi connectivity index (χ1) is 19.3. The second kappa shape index (κ2) is 13.9. The Labute approximate surface area is 236 Å². The third-order valence-corrected chi connectivity index (χ3v) is 8.86. The fourth-order valence-corrected chi connectivity index (χ4v) is 6.15. The summed E-state index contributed by atoms with van der Waals surface area (Å²) in [7, 11) is -0.159. The number of pyridine rings is 1. The largest absolute Gasteiger partial charge is 0.476 e. The quantitative estimate of drug-likeness (QED) is 0.144. The van der Waals surface area contributed by atoms with Crippen LogP contribution in [0.2, 0.25) is 0 Å². The molecule has 216 valence electrons. The number of likely N-dealkylation sites (N-methyl/N-ethyl adjacent to an activating group) is 1. The van der Waals surface area contributed by atoms with Crippen molar-refractivity contribution in [3.8, 4) is 5.88 Å². The molecule has 3 N–H and O–H groups in total. The molecule has 0 saturated heterocycles. The molecule has 3 aromatic rings. The zero-order valence-corrected chi connectivity index (χ0v) is 24.0. The number of benzene rings is 1. The Morgan fingerprint density at radius 1 is 1.15 bits per heavy atom. The minimum atomic E-state index is -3.51. The molecule has 40 heavy (non-hydrogen) atoms. The van der Waals surface area contributed by atoms with Crippen LogP contribution in [-0.2, 0) is 24.2 Å². The summed E-state index contributed by atoms with van der Waals surface area (Å²) in [5, 5.41) is 20.0. The SMILES string of the molecule is CNCCOc1ccc2nc(NC(=O)/C(=N/O[C@@H]3CC[C@@H](O)C3)c3ccc(S(=O)(=O)CCCOC)cc3)sc2n1. The van der Waals surface area contributed by atoms with Crippen molar-refractivity contribution in [1.29, 1.82) is 0 Å². The van der Waals surface area contributed by atoms with Gasteiger partial charge in [-0.05, 0) is 44.5 Å². The summed E-state index contributed by atoms with van der Waals surface area (Å²) >= 11 is 1.18. The number of rotatable bonds is 14. The Morgan fingerprint density at radius 3 is 2.65 bits per heavy atom. The molecule has 1 aliphatic rings. The van der Waals surface area contributed by atoms with Crippen LogP contribution in [0.3, 0.4) is 0 Å². The number of methoxy groups -OCH3 is 1. The number of aliphatic hydroxyl groups excluding tert-OH is 1. The maximum Gasteiger partial charge on any atom is 0.280 e. The predicted octanol–water partition coefficient (Wildman–Crippen LogP) is 2.37. The molecule has 0 radical (unpaired) electrons. The fourth-order valence-electron chi connectivity index (χ4n) is 4.04. The highest BCUT2D eigenvalue weighted by atomic mass is 32.2. The van der Waals surface area contributed by atoms with E-state index in [1.807, 2.05) is 7.05 Å². The first-order valence-electron chi connectivity index (χ1n) is 12.9. The number of hydrogen-bond acceptors (Lipinski definition) is 12. The van der Waals surface area contributed by atoms with E-state index in [9.17, 15) is 18.3 Å². The predicted molar refractivity (Wildman–Crippen MR) is 152 cm³/mol. The van der Waals surface area contributed by atoms with Crippen molar-refractivity contribution in [2.24, 2.45) is 5.16 Å². The number of ether oxygens (including phenoxy) is 2. The third kappa shape index (κ3) is 7.95. The molecule has 0 aliphatic heterocycles.